The number of rotatable bonds is 3. The Kier molecular flexibility index (Phi) is 5.65. The topological polar surface area (TPSA) is 83.6 Å². The van der Waals surface area contributed by atoms with Gasteiger partial charge in [-0.1, -0.05) is 6.07 Å². The molecule has 2 aliphatic heterocycles. The summed E-state index contributed by atoms with van der Waals surface area (Å²) in [6, 6.07) is 5.21. The minimum Gasteiger partial charge on any atom is -0.375 e. The number of anilines is 1. The maximum Gasteiger partial charge on any atom is 0.242 e. The average Bonchev–Trinajstić information content (AvgIpc) is 2.62. The Bertz CT molecular complexity index is 637. The van der Waals surface area contributed by atoms with Crippen LogP contribution in [0.5, 0.6) is 0 Å². The standard InChI is InChI=1S/C18H26N4O3/c1-12-5-3-7-15(20-12)21-17(23)14-6-4-9-22(11-14)18(24)16-13(2)25-10-8-19-16/h3,5,7,13-14,16,19H,4,6,8-11H2,1-2H3,(H,20,21,23)/t13-,14?,16+/m1/s1. The number of carbonyl (C=O) groups is 2. The van der Waals surface area contributed by atoms with Crippen LogP contribution in [0.25, 0.3) is 0 Å². The maximum atomic E-state index is 12.8. The number of aromatic nitrogens is 1. The van der Waals surface area contributed by atoms with E-state index in [1.807, 2.05) is 26.0 Å². The summed E-state index contributed by atoms with van der Waals surface area (Å²) >= 11 is 0. The van der Waals surface area contributed by atoms with Gasteiger partial charge in [0.15, 0.2) is 0 Å². The summed E-state index contributed by atoms with van der Waals surface area (Å²) < 4.78 is 5.57. The average molecular weight is 346 g/mol. The SMILES string of the molecule is Cc1cccc(NC(=O)C2CCCN(C(=O)[C@H]3NCCO[C@@H]3C)C2)n1. The lowest BCUT2D eigenvalue weighted by atomic mass is 9.96. The number of nitrogens with one attached hydrogen (secondary N) is 2. The molecule has 7 heteroatoms. The van der Waals surface area contributed by atoms with E-state index >= 15 is 0 Å². The van der Waals surface area contributed by atoms with Crippen LogP contribution in [0.1, 0.15) is 25.5 Å². The highest BCUT2D eigenvalue weighted by molar-refractivity contribution is 5.92. The molecular weight excluding hydrogens is 320 g/mol. The first-order chi connectivity index (χ1) is 12.0. The molecule has 0 saturated carbocycles. The van der Waals surface area contributed by atoms with Crippen LogP contribution in [0.4, 0.5) is 5.82 Å². The molecular formula is C18H26N4O3. The number of likely N-dealkylation sites (tertiary alicyclic amines) is 1. The fourth-order valence-corrected chi connectivity index (χ4v) is 3.44. The van der Waals surface area contributed by atoms with Gasteiger partial charge in [0.05, 0.1) is 18.6 Å². The number of aryl methyl sites for hydroxylation is 1. The smallest absolute Gasteiger partial charge is 0.242 e. The molecule has 2 amide bonds. The second kappa shape index (κ2) is 7.93. The first-order valence-electron chi connectivity index (χ1n) is 8.93. The van der Waals surface area contributed by atoms with Gasteiger partial charge in [-0.05, 0) is 38.8 Å². The summed E-state index contributed by atoms with van der Waals surface area (Å²) in [6.45, 7) is 6.23. The number of amides is 2. The van der Waals surface area contributed by atoms with Crippen molar-refractivity contribution in [2.45, 2.75) is 38.8 Å². The molecule has 0 aliphatic carbocycles. The van der Waals surface area contributed by atoms with Gasteiger partial charge in [0.1, 0.15) is 11.9 Å². The van der Waals surface area contributed by atoms with Gasteiger partial charge in [-0.3, -0.25) is 9.59 Å². The van der Waals surface area contributed by atoms with Crippen LogP contribution in [-0.2, 0) is 14.3 Å². The van der Waals surface area contributed by atoms with Crippen molar-refractivity contribution in [1.29, 1.82) is 0 Å². The Labute approximate surface area is 148 Å². The summed E-state index contributed by atoms with van der Waals surface area (Å²) in [7, 11) is 0. The van der Waals surface area contributed by atoms with E-state index in [2.05, 4.69) is 15.6 Å². The van der Waals surface area contributed by atoms with Crippen molar-refractivity contribution in [3.63, 3.8) is 0 Å². The number of hydrogen-bond donors (Lipinski definition) is 2. The number of carbonyl (C=O) groups excluding carboxylic acids is 2. The largest absolute Gasteiger partial charge is 0.375 e. The number of pyridine rings is 1. The zero-order valence-corrected chi connectivity index (χ0v) is 14.8. The van der Waals surface area contributed by atoms with E-state index in [-0.39, 0.29) is 29.9 Å². The van der Waals surface area contributed by atoms with Gasteiger partial charge in [-0.15, -0.1) is 0 Å². The van der Waals surface area contributed by atoms with E-state index in [9.17, 15) is 9.59 Å². The summed E-state index contributed by atoms with van der Waals surface area (Å²) in [5.41, 5.74) is 0.857. The van der Waals surface area contributed by atoms with E-state index in [0.29, 0.717) is 32.1 Å². The normalized spacial score (nSPS) is 27.0. The Morgan fingerprint density at radius 1 is 1.40 bits per heavy atom. The number of ether oxygens (including phenoxy) is 1. The summed E-state index contributed by atoms with van der Waals surface area (Å²) in [4.78, 5) is 31.4. The minimum absolute atomic E-state index is 0.0263. The van der Waals surface area contributed by atoms with Crippen LogP contribution >= 0.6 is 0 Å². The molecule has 3 atom stereocenters. The zero-order chi connectivity index (χ0) is 17.8. The monoisotopic (exact) mass is 346 g/mol. The van der Waals surface area contributed by atoms with Crippen LogP contribution in [0, 0.1) is 12.8 Å². The molecule has 1 aromatic heterocycles. The molecule has 2 fully saturated rings. The lowest BCUT2D eigenvalue weighted by Gasteiger charge is -2.37. The van der Waals surface area contributed by atoms with Gasteiger partial charge in [0.25, 0.3) is 0 Å². The fraction of sp³-hybridized carbons (Fsp3) is 0.611. The van der Waals surface area contributed by atoms with Gasteiger partial charge in [-0.2, -0.15) is 0 Å². The van der Waals surface area contributed by atoms with Crippen LogP contribution in [0.15, 0.2) is 18.2 Å². The third-order valence-electron chi connectivity index (χ3n) is 4.83. The second-order valence-corrected chi connectivity index (χ2v) is 6.78. The molecule has 1 unspecified atom stereocenters. The Morgan fingerprint density at radius 3 is 3.00 bits per heavy atom. The van der Waals surface area contributed by atoms with E-state index in [0.717, 1.165) is 18.5 Å². The fourth-order valence-electron chi connectivity index (χ4n) is 3.44. The highest BCUT2D eigenvalue weighted by Crippen LogP contribution is 2.20. The second-order valence-electron chi connectivity index (χ2n) is 6.78. The predicted octanol–water partition coefficient (Wildman–Crippen LogP) is 0.944. The quantitative estimate of drug-likeness (QED) is 0.851. The van der Waals surface area contributed by atoms with Crippen LogP contribution in [-0.4, -0.2) is 60.1 Å². The highest BCUT2D eigenvalue weighted by Gasteiger charge is 2.35. The third kappa shape index (κ3) is 4.35. The molecule has 0 aromatic carbocycles. The van der Waals surface area contributed by atoms with Gasteiger partial charge in [0, 0.05) is 25.3 Å². The first-order valence-corrected chi connectivity index (χ1v) is 8.93. The van der Waals surface area contributed by atoms with Crippen molar-refractivity contribution in [3.8, 4) is 0 Å². The Balaban J connectivity index is 1.60. The molecule has 0 spiro atoms. The van der Waals surface area contributed by atoms with Crippen molar-refractivity contribution in [3.05, 3.63) is 23.9 Å². The third-order valence-corrected chi connectivity index (χ3v) is 4.83. The maximum absolute atomic E-state index is 12.8. The van der Waals surface area contributed by atoms with Crippen molar-refractivity contribution >= 4 is 17.6 Å². The molecule has 136 valence electrons. The number of morpholine rings is 1. The van der Waals surface area contributed by atoms with E-state index in [4.69, 9.17) is 4.74 Å². The number of piperidine rings is 1. The molecule has 2 saturated heterocycles. The molecule has 2 N–H and O–H groups in total. The van der Waals surface area contributed by atoms with Crippen molar-refractivity contribution in [1.82, 2.24) is 15.2 Å². The number of hydrogen-bond acceptors (Lipinski definition) is 5. The minimum atomic E-state index is -0.325. The van der Waals surface area contributed by atoms with Crippen LogP contribution < -0.4 is 10.6 Å². The molecule has 3 rings (SSSR count). The van der Waals surface area contributed by atoms with Crippen molar-refractivity contribution in [2.24, 2.45) is 5.92 Å². The summed E-state index contributed by atoms with van der Waals surface area (Å²) in [6.07, 6.45) is 1.46. The van der Waals surface area contributed by atoms with E-state index < -0.39 is 0 Å². The molecule has 25 heavy (non-hydrogen) atoms. The van der Waals surface area contributed by atoms with Crippen molar-refractivity contribution in [2.75, 3.05) is 31.6 Å². The highest BCUT2D eigenvalue weighted by atomic mass is 16.5. The molecule has 3 heterocycles. The lowest BCUT2D eigenvalue weighted by molar-refractivity contribution is -0.142. The Hall–Kier alpha value is -1.99. The van der Waals surface area contributed by atoms with E-state index in [1.165, 1.54) is 0 Å². The van der Waals surface area contributed by atoms with Gasteiger partial charge < -0.3 is 20.3 Å². The molecule has 1 aromatic rings. The summed E-state index contributed by atoms with van der Waals surface area (Å²) in [5, 5.41) is 6.10. The predicted molar refractivity (Wildman–Crippen MR) is 94.1 cm³/mol. The summed E-state index contributed by atoms with van der Waals surface area (Å²) in [5.74, 6) is 0.305. The van der Waals surface area contributed by atoms with Gasteiger partial charge in [-0.25, -0.2) is 4.98 Å². The van der Waals surface area contributed by atoms with Crippen LogP contribution in [0.3, 0.4) is 0 Å². The molecule has 0 bridgehead atoms. The zero-order valence-electron chi connectivity index (χ0n) is 14.8. The Morgan fingerprint density at radius 2 is 2.24 bits per heavy atom. The molecule has 7 nitrogen and oxygen atoms in total. The number of nitrogens with zero attached hydrogens (tertiary/aromatic N) is 2. The van der Waals surface area contributed by atoms with Gasteiger partial charge in [0.2, 0.25) is 11.8 Å². The van der Waals surface area contributed by atoms with Gasteiger partial charge >= 0.3 is 0 Å². The van der Waals surface area contributed by atoms with E-state index in [1.54, 1.807) is 11.0 Å². The molecule has 2 aliphatic rings. The van der Waals surface area contributed by atoms with Crippen molar-refractivity contribution < 1.29 is 14.3 Å². The first kappa shape index (κ1) is 17.8. The van der Waals surface area contributed by atoms with Crippen LogP contribution in [0.2, 0.25) is 0 Å². The lowest BCUT2D eigenvalue weighted by Crippen LogP contribution is -2.58. The molecule has 0 radical (unpaired) electrons.